The molecule has 2 heterocycles. The number of pyridine rings is 1. The van der Waals surface area contributed by atoms with Gasteiger partial charge in [-0.2, -0.15) is 0 Å². The summed E-state index contributed by atoms with van der Waals surface area (Å²) in [6.45, 7) is 0. The van der Waals surface area contributed by atoms with Gasteiger partial charge >= 0.3 is 0 Å². The highest BCUT2D eigenvalue weighted by Crippen LogP contribution is 2.29. The monoisotopic (exact) mass is 455 g/mol. The topological polar surface area (TPSA) is 72.7 Å². The summed E-state index contributed by atoms with van der Waals surface area (Å²) in [6, 6.07) is 18.2. The third kappa shape index (κ3) is 4.64. The molecule has 2 aromatic carbocycles. The molecule has 0 bridgehead atoms. The van der Waals surface area contributed by atoms with E-state index >= 15 is 0 Å². The van der Waals surface area contributed by atoms with Gasteiger partial charge in [0.25, 0.3) is 0 Å². The van der Waals surface area contributed by atoms with Crippen LogP contribution in [0.25, 0.3) is 17.1 Å². The second-order valence-corrected chi connectivity index (χ2v) is 7.96. The van der Waals surface area contributed by atoms with E-state index in [0.717, 1.165) is 11.3 Å². The molecule has 9 heteroatoms. The Morgan fingerprint density at radius 3 is 2.43 bits per heavy atom. The van der Waals surface area contributed by atoms with Crippen LogP contribution in [0.2, 0.25) is 10.0 Å². The summed E-state index contributed by atoms with van der Waals surface area (Å²) in [5, 5.41) is 13.2. The van der Waals surface area contributed by atoms with Gasteiger partial charge in [0, 0.05) is 28.7 Å². The van der Waals surface area contributed by atoms with Crippen molar-refractivity contribution in [1.82, 2.24) is 19.7 Å². The van der Waals surface area contributed by atoms with Crippen molar-refractivity contribution >= 4 is 46.6 Å². The fraction of sp³-hybridized carbons (Fsp3) is 0.0476. The van der Waals surface area contributed by atoms with Crippen molar-refractivity contribution in [3.05, 3.63) is 83.1 Å². The maximum Gasteiger partial charge on any atom is 0.234 e. The minimum absolute atomic E-state index is 0.146. The Morgan fingerprint density at radius 2 is 1.70 bits per heavy atom. The molecular weight excluding hydrogens is 441 g/mol. The van der Waals surface area contributed by atoms with Gasteiger partial charge in [0.2, 0.25) is 5.91 Å². The predicted octanol–water partition coefficient (Wildman–Crippen LogP) is 5.37. The SMILES string of the molecule is O=C(CSc1nnc(-c2ccncc2)n1-c1ccc(Cl)cc1)Nc1ccccc1Cl. The van der Waals surface area contributed by atoms with E-state index in [1.807, 2.05) is 41.0 Å². The summed E-state index contributed by atoms with van der Waals surface area (Å²) < 4.78 is 1.89. The molecule has 0 unspecified atom stereocenters. The zero-order valence-corrected chi connectivity index (χ0v) is 17.8. The lowest BCUT2D eigenvalue weighted by Crippen LogP contribution is -2.14. The number of hydrogen-bond donors (Lipinski definition) is 1. The Bertz CT molecular complexity index is 1170. The number of aromatic nitrogens is 4. The summed E-state index contributed by atoms with van der Waals surface area (Å²) in [6.07, 6.45) is 3.39. The number of hydrogen-bond acceptors (Lipinski definition) is 5. The highest BCUT2D eigenvalue weighted by Gasteiger charge is 2.17. The molecule has 0 aliphatic carbocycles. The molecule has 4 rings (SSSR count). The maximum absolute atomic E-state index is 12.4. The largest absolute Gasteiger partial charge is 0.324 e. The molecule has 1 N–H and O–H groups in total. The van der Waals surface area contributed by atoms with E-state index in [9.17, 15) is 4.79 Å². The number of rotatable bonds is 6. The molecular formula is C21H15Cl2N5OS. The molecule has 2 aromatic heterocycles. The number of thioether (sulfide) groups is 1. The highest BCUT2D eigenvalue weighted by atomic mass is 35.5. The summed E-state index contributed by atoms with van der Waals surface area (Å²) in [4.78, 5) is 16.5. The van der Waals surface area contributed by atoms with Crippen molar-refractivity contribution in [3.8, 4) is 17.1 Å². The first-order valence-corrected chi connectivity index (χ1v) is 10.6. The Labute approximate surface area is 187 Å². The number of nitrogens with zero attached hydrogens (tertiary/aromatic N) is 4. The number of para-hydroxylation sites is 1. The molecule has 1 amide bonds. The van der Waals surface area contributed by atoms with E-state index in [1.54, 1.807) is 36.7 Å². The Kier molecular flexibility index (Phi) is 6.32. The number of carbonyl (C=O) groups excluding carboxylic acids is 1. The first-order chi connectivity index (χ1) is 14.6. The van der Waals surface area contributed by atoms with Gasteiger partial charge in [0.1, 0.15) is 0 Å². The molecule has 150 valence electrons. The standard InChI is InChI=1S/C21H15Cl2N5OS/c22-15-5-7-16(8-6-15)28-20(14-9-11-24-12-10-14)26-27-21(28)30-13-19(29)25-18-4-2-1-3-17(18)23/h1-12H,13H2,(H,25,29). The molecule has 0 saturated heterocycles. The zero-order chi connectivity index (χ0) is 20.9. The van der Waals surface area contributed by atoms with Crippen LogP contribution in [0.15, 0.2) is 78.2 Å². The van der Waals surface area contributed by atoms with Crippen LogP contribution in [-0.2, 0) is 4.79 Å². The maximum atomic E-state index is 12.4. The second kappa shape index (κ2) is 9.30. The van der Waals surface area contributed by atoms with Crippen molar-refractivity contribution in [2.45, 2.75) is 5.16 Å². The van der Waals surface area contributed by atoms with Gasteiger partial charge in [-0.15, -0.1) is 10.2 Å². The van der Waals surface area contributed by atoms with Crippen LogP contribution in [0, 0.1) is 0 Å². The number of halogens is 2. The van der Waals surface area contributed by atoms with Crippen molar-refractivity contribution in [2.24, 2.45) is 0 Å². The van der Waals surface area contributed by atoms with E-state index in [-0.39, 0.29) is 11.7 Å². The second-order valence-electron chi connectivity index (χ2n) is 6.17. The van der Waals surface area contributed by atoms with Crippen molar-refractivity contribution in [3.63, 3.8) is 0 Å². The van der Waals surface area contributed by atoms with E-state index in [4.69, 9.17) is 23.2 Å². The normalized spacial score (nSPS) is 10.7. The summed E-state index contributed by atoms with van der Waals surface area (Å²) in [5.41, 5.74) is 2.27. The van der Waals surface area contributed by atoms with Crippen LogP contribution in [0.1, 0.15) is 0 Å². The fourth-order valence-electron chi connectivity index (χ4n) is 2.75. The molecule has 6 nitrogen and oxygen atoms in total. The van der Waals surface area contributed by atoms with Gasteiger partial charge in [0.15, 0.2) is 11.0 Å². The van der Waals surface area contributed by atoms with E-state index in [0.29, 0.717) is 26.7 Å². The van der Waals surface area contributed by atoms with E-state index in [2.05, 4.69) is 20.5 Å². The number of anilines is 1. The molecule has 4 aromatic rings. The van der Waals surface area contributed by atoms with Crippen LogP contribution in [-0.4, -0.2) is 31.4 Å². The van der Waals surface area contributed by atoms with Gasteiger partial charge in [0.05, 0.1) is 16.5 Å². The zero-order valence-electron chi connectivity index (χ0n) is 15.5. The van der Waals surface area contributed by atoms with Gasteiger partial charge in [-0.3, -0.25) is 14.3 Å². The Morgan fingerprint density at radius 1 is 0.967 bits per heavy atom. The summed E-state index contributed by atoms with van der Waals surface area (Å²) in [7, 11) is 0. The predicted molar refractivity (Wildman–Crippen MR) is 120 cm³/mol. The molecule has 0 spiro atoms. The third-order valence-corrected chi connectivity index (χ3v) is 5.65. The molecule has 30 heavy (non-hydrogen) atoms. The van der Waals surface area contributed by atoms with Crippen molar-refractivity contribution < 1.29 is 4.79 Å². The number of carbonyl (C=O) groups is 1. The average Bonchev–Trinajstić information content (AvgIpc) is 3.19. The number of nitrogens with one attached hydrogen (secondary N) is 1. The van der Waals surface area contributed by atoms with E-state index in [1.165, 1.54) is 11.8 Å². The van der Waals surface area contributed by atoms with Crippen molar-refractivity contribution in [2.75, 3.05) is 11.1 Å². The van der Waals surface area contributed by atoms with E-state index < -0.39 is 0 Å². The first kappa shape index (κ1) is 20.4. The van der Waals surface area contributed by atoms with Crippen LogP contribution in [0.3, 0.4) is 0 Å². The summed E-state index contributed by atoms with van der Waals surface area (Å²) >= 11 is 13.4. The fourth-order valence-corrected chi connectivity index (χ4v) is 3.81. The van der Waals surface area contributed by atoms with Crippen LogP contribution < -0.4 is 5.32 Å². The molecule has 0 atom stereocenters. The van der Waals surface area contributed by atoms with Gasteiger partial charge in [-0.25, -0.2) is 0 Å². The third-order valence-electron chi connectivity index (χ3n) is 4.14. The van der Waals surface area contributed by atoms with Gasteiger partial charge < -0.3 is 5.32 Å². The number of amides is 1. The van der Waals surface area contributed by atoms with Crippen LogP contribution in [0.5, 0.6) is 0 Å². The minimum Gasteiger partial charge on any atom is -0.324 e. The molecule has 0 aliphatic heterocycles. The Balaban J connectivity index is 1.60. The highest BCUT2D eigenvalue weighted by molar-refractivity contribution is 7.99. The lowest BCUT2D eigenvalue weighted by atomic mass is 10.2. The van der Waals surface area contributed by atoms with Crippen LogP contribution in [0.4, 0.5) is 5.69 Å². The smallest absolute Gasteiger partial charge is 0.234 e. The average molecular weight is 456 g/mol. The van der Waals surface area contributed by atoms with Gasteiger partial charge in [-0.05, 0) is 48.5 Å². The van der Waals surface area contributed by atoms with Gasteiger partial charge in [-0.1, -0.05) is 47.1 Å². The van der Waals surface area contributed by atoms with Crippen LogP contribution >= 0.6 is 35.0 Å². The lowest BCUT2D eigenvalue weighted by Gasteiger charge is -2.11. The molecule has 0 saturated carbocycles. The molecule has 0 aliphatic rings. The minimum atomic E-state index is -0.191. The molecule has 0 fully saturated rings. The Hall–Kier alpha value is -2.87. The molecule has 0 radical (unpaired) electrons. The lowest BCUT2D eigenvalue weighted by molar-refractivity contribution is -0.113. The number of benzene rings is 2. The first-order valence-electron chi connectivity index (χ1n) is 8.91. The quantitative estimate of drug-likeness (QED) is 0.395. The summed E-state index contributed by atoms with van der Waals surface area (Å²) in [5.74, 6) is 0.603. The van der Waals surface area contributed by atoms with Crippen molar-refractivity contribution in [1.29, 1.82) is 0 Å².